The van der Waals surface area contributed by atoms with E-state index in [1.807, 2.05) is 30.5 Å². The van der Waals surface area contributed by atoms with Gasteiger partial charge >= 0.3 is 0 Å². The van der Waals surface area contributed by atoms with E-state index in [1.165, 1.54) is 0 Å². The maximum atomic E-state index is 5.82. The van der Waals surface area contributed by atoms with Crippen molar-refractivity contribution in [1.29, 1.82) is 0 Å². The molecule has 0 aliphatic carbocycles. The van der Waals surface area contributed by atoms with Crippen molar-refractivity contribution >= 4 is 34.3 Å². The predicted octanol–water partition coefficient (Wildman–Crippen LogP) is 3.81. The third-order valence-electron chi connectivity index (χ3n) is 1.66. The molecule has 0 fully saturated rings. The van der Waals surface area contributed by atoms with Crippen molar-refractivity contribution in [2.45, 2.75) is 5.09 Å². The maximum Gasteiger partial charge on any atom is 0.161 e. The van der Waals surface area contributed by atoms with Crippen LogP contribution in [-0.2, 0) is 0 Å². The Hall–Kier alpha value is -0.600. The van der Waals surface area contributed by atoms with Crippen LogP contribution in [0.2, 0.25) is 5.02 Å². The molecule has 12 heavy (non-hydrogen) atoms. The van der Waals surface area contributed by atoms with Crippen LogP contribution in [0.1, 0.15) is 0 Å². The average molecular weight is 199 g/mol. The molecule has 3 heteroatoms. The number of furan rings is 1. The number of hydrogen-bond acceptors (Lipinski definition) is 2. The van der Waals surface area contributed by atoms with Gasteiger partial charge in [-0.15, -0.1) is 0 Å². The zero-order valence-electron chi connectivity index (χ0n) is 6.50. The van der Waals surface area contributed by atoms with E-state index >= 15 is 0 Å². The Balaban J connectivity index is 2.67. The van der Waals surface area contributed by atoms with Gasteiger partial charge in [0.15, 0.2) is 5.09 Å². The molecular formula is C9H7ClOS. The van der Waals surface area contributed by atoms with Gasteiger partial charge in [-0.25, -0.2) is 0 Å². The molecule has 0 N–H and O–H groups in total. The molecule has 1 heterocycles. The van der Waals surface area contributed by atoms with Gasteiger partial charge in [0.25, 0.3) is 0 Å². The van der Waals surface area contributed by atoms with Crippen LogP contribution in [0.5, 0.6) is 0 Å². The van der Waals surface area contributed by atoms with E-state index in [0.717, 1.165) is 21.1 Å². The zero-order valence-corrected chi connectivity index (χ0v) is 8.08. The van der Waals surface area contributed by atoms with E-state index in [4.69, 9.17) is 16.0 Å². The Kier molecular flexibility index (Phi) is 2.03. The van der Waals surface area contributed by atoms with Gasteiger partial charge in [0, 0.05) is 10.4 Å². The van der Waals surface area contributed by atoms with Crippen molar-refractivity contribution in [1.82, 2.24) is 0 Å². The molecule has 2 rings (SSSR count). The highest BCUT2D eigenvalue weighted by Gasteiger charge is 2.01. The summed E-state index contributed by atoms with van der Waals surface area (Å²) in [5, 5.41) is 2.73. The fraction of sp³-hybridized carbons (Fsp3) is 0.111. The minimum atomic E-state index is 0.746. The molecule has 1 aromatic heterocycles. The molecule has 0 spiro atoms. The highest BCUT2D eigenvalue weighted by atomic mass is 35.5. The van der Waals surface area contributed by atoms with Crippen molar-refractivity contribution < 1.29 is 4.42 Å². The molecule has 0 radical (unpaired) electrons. The minimum absolute atomic E-state index is 0.746. The van der Waals surface area contributed by atoms with Gasteiger partial charge in [0.2, 0.25) is 0 Å². The van der Waals surface area contributed by atoms with Gasteiger partial charge in [0.05, 0.1) is 0 Å². The molecule has 62 valence electrons. The molecule has 0 atom stereocenters. The second kappa shape index (κ2) is 3.04. The van der Waals surface area contributed by atoms with E-state index < -0.39 is 0 Å². The van der Waals surface area contributed by atoms with Crippen molar-refractivity contribution in [2.75, 3.05) is 6.26 Å². The molecule has 1 nitrogen and oxygen atoms in total. The van der Waals surface area contributed by atoms with Crippen LogP contribution in [0.15, 0.2) is 33.8 Å². The smallest absolute Gasteiger partial charge is 0.161 e. The van der Waals surface area contributed by atoms with Gasteiger partial charge in [-0.05, 0) is 30.5 Å². The van der Waals surface area contributed by atoms with E-state index in [2.05, 4.69) is 0 Å². The van der Waals surface area contributed by atoms with Crippen LogP contribution >= 0.6 is 23.4 Å². The molecule has 0 saturated carbocycles. The standard InChI is InChI=1S/C9H7ClOS/c1-12-9-5-6-4-7(10)2-3-8(6)11-9/h2-5H,1H3. The summed E-state index contributed by atoms with van der Waals surface area (Å²) in [7, 11) is 0. The molecule has 0 aliphatic heterocycles. The Morgan fingerprint density at radius 3 is 2.92 bits per heavy atom. The number of thioether (sulfide) groups is 1. The molecule has 0 amide bonds. The number of fused-ring (bicyclic) bond motifs is 1. The topological polar surface area (TPSA) is 13.1 Å². The number of rotatable bonds is 1. The van der Waals surface area contributed by atoms with Crippen LogP contribution in [0.3, 0.4) is 0 Å². The Labute approximate surface area is 79.7 Å². The largest absolute Gasteiger partial charge is 0.450 e. The summed E-state index contributed by atoms with van der Waals surface area (Å²) in [5.74, 6) is 0. The lowest BCUT2D eigenvalue weighted by Gasteiger charge is -1.87. The number of halogens is 1. The van der Waals surface area contributed by atoms with E-state index in [1.54, 1.807) is 11.8 Å². The summed E-state index contributed by atoms with van der Waals surface area (Å²) in [5.41, 5.74) is 0.892. The van der Waals surface area contributed by atoms with Crippen molar-refractivity contribution in [2.24, 2.45) is 0 Å². The monoisotopic (exact) mass is 198 g/mol. The third-order valence-corrected chi connectivity index (χ3v) is 2.50. The van der Waals surface area contributed by atoms with Crippen LogP contribution in [0, 0.1) is 0 Å². The van der Waals surface area contributed by atoms with E-state index in [-0.39, 0.29) is 0 Å². The Bertz CT molecular complexity index is 408. The second-order valence-electron chi connectivity index (χ2n) is 2.45. The van der Waals surface area contributed by atoms with Crippen molar-refractivity contribution in [3.8, 4) is 0 Å². The van der Waals surface area contributed by atoms with Crippen molar-refractivity contribution in [3.63, 3.8) is 0 Å². The molecule has 2 aromatic rings. The van der Waals surface area contributed by atoms with Crippen LogP contribution in [0.25, 0.3) is 11.0 Å². The highest BCUT2D eigenvalue weighted by Crippen LogP contribution is 2.27. The molecule has 1 aromatic carbocycles. The summed E-state index contributed by atoms with van der Waals surface area (Å²) >= 11 is 7.41. The summed E-state index contributed by atoms with van der Waals surface area (Å²) in [6.07, 6.45) is 1.99. The molecule has 0 saturated heterocycles. The Morgan fingerprint density at radius 1 is 1.33 bits per heavy atom. The molecule has 0 aliphatic rings. The lowest BCUT2D eigenvalue weighted by Crippen LogP contribution is -1.62. The first kappa shape index (κ1) is 8.02. The van der Waals surface area contributed by atoms with E-state index in [0.29, 0.717) is 0 Å². The number of benzene rings is 1. The quantitative estimate of drug-likeness (QED) is 0.647. The zero-order chi connectivity index (χ0) is 8.55. The molecule has 0 unspecified atom stereocenters. The maximum absolute atomic E-state index is 5.82. The SMILES string of the molecule is CSc1cc2cc(Cl)ccc2o1. The summed E-state index contributed by atoms with van der Waals surface area (Å²) in [4.78, 5) is 0. The molecular weight excluding hydrogens is 192 g/mol. The van der Waals surface area contributed by atoms with Gasteiger partial charge in [-0.3, -0.25) is 0 Å². The van der Waals surface area contributed by atoms with Gasteiger partial charge in [-0.1, -0.05) is 23.4 Å². The lowest BCUT2D eigenvalue weighted by atomic mass is 10.3. The summed E-state index contributed by atoms with van der Waals surface area (Å²) < 4.78 is 5.48. The second-order valence-corrected chi connectivity index (χ2v) is 3.70. The lowest BCUT2D eigenvalue weighted by molar-refractivity contribution is 0.516. The van der Waals surface area contributed by atoms with Crippen LogP contribution in [0.4, 0.5) is 0 Å². The third kappa shape index (κ3) is 1.32. The first-order valence-corrected chi connectivity index (χ1v) is 5.13. The Morgan fingerprint density at radius 2 is 2.17 bits per heavy atom. The highest BCUT2D eigenvalue weighted by molar-refractivity contribution is 7.98. The average Bonchev–Trinajstić information content (AvgIpc) is 2.46. The van der Waals surface area contributed by atoms with Gasteiger partial charge in [-0.2, -0.15) is 0 Å². The van der Waals surface area contributed by atoms with Gasteiger partial charge in [0.1, 0.15) is 5.58 Å². The first-order chi connectivity index (χ1) is 5.79. The number of hydrogen-bond donors (Lipinski definition) is 0. The van der Waals surface area contributed by atoms with Crippen molar-refractivity contribution in [3.05, 3.63) is 29.3 Å². The predicted molar refractivity (Wildman–Crippen MR) is 53.0 cm³/mol. The summed E-state index contributed by atoms with van der Waals surface area (Å²) in [6.45, 7) is 0. The van der Waals surface area contributed by atoms with E-state index in [9.17, 15) is 0 Å². The van der Waals surface area contributed by atoms with Crippen LogP contribution < -0.4 is 0 Å². The minimum Gasteiger partial charge on any atom is -0.450 e. The van der Waals surface area contributed by atoms with Gasteiger partial charge < -0.3 is 4.42 Å². The summed E-state index contributed by atoms with van der Waals surface area (Å²) in [6, 6.07) is 7.61. The fourth-order valence-electron chi connectivity index (χ4n) is 1.09. The normalized spacial score (nSPS) is 10.8. The molecule has 0 bridgehead atoms. The fourth-order valence-corrected chi connectivity index (χ4v) is 1.69. The van der Waals surface area contributed by atoms with Crippen LogP contribution in [-0.4, -0.2) is 6.26 Å². The first-order valence-electron chi connectivity index (χ1n) is 3.52.